The maximum absolute atomic E-state index is 12.2. The van der Waals surface area contributed by atoms with Crippen molar-refractivity contribution in [3.63, 3.8) is 0 Å². The largest absolute Gasteiger partial charge is 0.495 e. The minimum absolute atomic E-state index is 0.271. The molecule has 0 fully saturated rings. The Morgan fingerprint density at radius 3 is 2.38 bits per heavy atom. The van der Waals surface area contributed by atoms with Gasteiger partial charge in [0.1, 0.15) is 11.8 Å². The third kappa shape index (κ3) is 4.89. The lowest BCUT2D eigenvalue weighted by atomic mass is 10.2. The van der Waals surface area contributed by atoms with Crippen molar-refractivity contribution < 1.29 is 19.0 Å². The Balaban J connectivity index is 1.96. The molecule has 2 N–H and O–H groups in total. The Morgan fingerprint density at radius 1 is 1.00 bits per heavy atom. The molecule has 138 valence electrons. The normalized spacial score (nSPS) is 11.7. The summed E-state index contributed by atoms with van der Waals surface area (Å²) in [6.07, 6.45) is 1.54. The van der Waals surface area contributed by atoms with Gasteiger partial charge in [-0.05, 0) is 42.8 Å². The first-order chi connectivity index (χ1) is 12.6. The number of ether oxygens (including phenoxy) is 3. The molecule has 0 saturated carbocycles. The fraction of sp³-hybridized carbons (Fsp3) is 0.263. The third-order valence-corrected chi connectivity index (χ3v) is 3.67. The predicted octanol–water partition coefficient (Wildman–Crippen LogP) is 2.66. The van der Waals surface area contributed by atoms with Crippen molar-refractivity contribution in [1.82, 2.24) is 5.43 Å². The highest BCUT2D eigenvalue weighted by atomic mass is 16.5. The molecule has 0 aliphatic carbocycles. The minimum atomic E-state index is -0.492. The molecule has 0 heterocycles. The molecular weight excluding hydrogens is 334 g/mol. The van der Waals surface area contributed by atoms with Crippen LogP contribution in [0.4, 0.5) is 5.69 Å². The number of benzene rings is 2. The average Bonchev–Trinajstić information content (AvgIpc) is 2.68. The molecule has 1 unspecified atom stereocenters. The van der Waals surface area contributed by atoms with Crippen molar-refractivity contribution in [2.45, 2.75) is 13.0 Å². The molecule has 0 aliphatic heterocycles. The molecule has 2 aromatic rings. The van der Waals surface area contributed by atoms with E-state index in [9.17, 15) is 4.79 Å². The van der Waals surface area contributed by atoms with E-state index in [4.69, 9.17) is 14.2 Å². The number of nitrogens with one attached hydrogen (secondary N) is 2. The van der Waals surface area contributed by atoms with Gasteiger partial charge in [0, 0.05) is 0 Å². The second kappa shape index (κ2) is 9.31. The number of carbonyl (C=O) groups excluding carboxylic acids is 1. The van der Waals surface area contributed by atoms with Crippen molar-refractivity contribution in [1.29, 1.82) is 0 Å². The van der Waals surface area contributed by atoms with Crippen LogP contribution in [-0.4, -0.2) is 39.5 Å². The van der Waals surface area contributed by atoms with Crippen LogP contribution in [-0.2, 0) is 4.79 Å². The summed E-state index contributed by atoms with van der Waals surface area (Å²) in [7, 11) is 4.71. The van der Waals surface area contributed by atoms with E-state index < -0.39 is 6.04 Å². The Labute approximate surface area is 153 Å². The molecule has 7 nitrogen and oxygen atoms in total. The number of para-hydroxylation sites is 2. The monoisotopic (exact) mass is 357 g/mol. The van der Waals surface area contributed by atoms with Gasteiger partial charge in [-0.3, -0.25) is 4.79 Å². The topological polar surface area (TPSA) is 81.2 Å². The van der Waals surface area contributed by atoms with Crippen LogP contribution in [0.2, 0.25) is 0 Å². The highest BCUT2D eigenvalue weighted by Crippen LogP contribution is 2.27. The summed E-state index contributed by atoms with van der Waals surface area (Å²) in [5.41, 5.74) is 4.02. The third-order valence-electron chi connectivity index (χ3n) is 3.67. The summed E-state index contributed by atoms with van der Waals surface area (Å²) in [6.45, 7) is 1.74. The first kappa shape index (κ1) is 19.1. The average molecular weight is 357 g/mol. The number of hydrogen-bond donors (Lipinski definition) is 2. The van der Waals surface area contributed by atoms with Crippen LogP contribution in [0.1, 0.15) is 12.5 Å². The summed E-state index contributed by atoms with van der Waals surface area (Å²) in [5, 5.41) is 7.08. The van der Waals surface area contributed by atoms with Crippen molar-refractivity contribution in [3.8, 4) is 17.2 Å². The van der Waals surface area contributed by atoms with Crippen molar-refractivity contribution in [3.05, 3.63) is 48.0 Å². The summed E-state index contributed by atoms with van der Waals surface area (Å²) < 4.78 is 15.7. The molecule has 0 spiro atoms. The van der Waals surface area contributed by atoms with Gasteiger partial charge in [-0.2, -0.15) is 5.10 Å². The number of anilines is 1. The first-order valence-electron chi connectivity index (χ1n) is 8.03. The molecule has 2 aromatic carbocycles. The maximum atomic E-state index is 12.2. The molecule has 0 aromatic heterocycles. The van der Waals surface area contributed by atoms with Crippen LogP contribution < -0.4 is 25.0 Å². The van der Waals surface area contributed by atoms with Crippen molar-refractivity contribution in [2.75, 3.05) is 26.6 Å². The van der Waals surface area contributed by atoms with Gasteiger partial charge in [0.15, 0.2) is 11.5 Å². The smallest absolute Gasteiger partial charge is 0.262 e. The van der Waals surface area contributed by atoms with Crippen LogP contribution in [0.5, 0.6) is 17.2 Å². The highest BCUT2D eigenvalue weighted by Gasteiger charge is 2.13. The van der Waals surface area contributed by atoms with Gasteiger partial charge >= 0.3 is 0 Å². The number of rotatable bonds is 8. The number of methoxy groups -OCH3 is 3. The van der Waals surface area contributed by atoms with Crippen molar-refractivity contribution >= 4 is 17.8 Å². The van der Waals surface area contributed by atoms with E-state index in [-0.39, 0.29) is 5.91 Å². The first-order valence-corrected chi connectivity index (χ1v) is 8.03. The van der Waals surface area contributed by atoms with Gasteiger partial charge in [0.2, 0.25) is 0 Å². The van der Waals surface area contributed by atoms with Gasteiger partial charge < -0.3 is 19.5 Å². The van der Waals surface area contributed by atoms with E-state index in [1.807, 2.05) is 30.3 Å². The number of nitrogens with zero attached hydrogens (tertiary/aromatic N) is 1. The fourth-order valence-corrected chi connectivity index (χ4v) is 2.26. The molecule has 7 heteroatoms. The van der Waals surface area contributed by atoms with Crippen LogP contribution in [0.25, 0.3) is 0 Å². The molecule has 1 atom stereocenters. The molecule has 0 radical (unpaired) electrons. The summed E-state index contributed by atoms with van der Waals surface area (Å²) in [4.78, 5) is 12.2. The van der Waals surface area contributed by atoms with Crippen LogP contribution >= 0.6 is 0 Å². The highest BCUT2D eigenvalue weighted by molar-refractivity contribution is 5.87. The summed E-state index contributed by atoms with van der Waals surface area (Å²) in [6, 6.07) is 12.3. The van der Waals surface area contributed by atoms with E-state index in [0.29, 0.717) is 17.2 Å². The predicted molar refractivity (Wildman–Crippen MR) is 101 cm³/mol. The van der Waals surface area contributed by atoms with Crippen LogP contribution in [0.15, 0.2) is 47.6 Å². The Morgan fingerprint density at radius 2 is 1.69 bits per heavy atom. The van der Waals surface area contributed by atoms with Gasteiger partial charge in [0.05, 0.1) is 33.2 Å². The molecule has 0 bridgehead atoms. The van der Waals surface area contributed by atoms with Gasteiger partial charge in [-0.15, -0.1) is 0 Å². The standard InChI is InChI=1S/C19H23N3O4/c1-13(21-15-7-5-6-8-16(15)24-2)19(23)22-20-12-14-9-10-17(25-3)18(11-14)26-4/h5-13,21H,1-4H3,(H,22,23). The van der Waals surface area contributed by atoms with E-state index >= 15 is 0 Å². The van der Waals surface area contributed by atoms with Gasteiger partial charge in [-0.25, -0.2) is 5.43 Å². The zero-order chi connectivity index (χ0) is 18.9. The molecule has 0 saturated heterocycles. The molecule has 2 rings (SSSR count). The lowest BCUT2D eigenvalue weighted by Gasteiger charge is -2.15. The van der Waals surface area contributed by atoms with Gasteiger partial charge in [-0.1, -0.05) is 12.1 Å². The fourth-order valence-electron chi connectivity index (χ4n) is 2.26. The second-order valence-corrected chi connectivity index (χ2v) is 5.41. The van der Waals surface area contributed by atoms with Gasteiger partial charge in [0.25, 0.3) is 5.91 Å². The zero-order valence-corrected chi connectivity index (χ0v) is 15.3. The van der Waals surface area contributed by atoms with Crippen LogP contribution in [0, 0.1) is 0 Å². The van der Waals surface area contributed by atoms with E-state index in [2.05, 4.69) is 15.8 Å². The quantitative estimate of drug-likeness (QED) is 0.561. The summed E-state index contributed by atoms with van der Waals surface area (Å²) in [5.74, 6) is 1.62. The maximum Gasteiger partial charge on any atom is 0.262 e. The lowest BCUT2D eigenvalue weighted by Crippen LogP contribution is -2.35. The van der Waals surface area contributed by atoms with E-state index in [1.165, 1.54) is 6.21 Å². The van der Waals surface area contributed by atoms with Crippen molar-refractivity contribution in [2.24, 2.45) is 5.10 Å². The number of carbonyl (C=O) groups is 1. The molecular formula is C19H23N3O4. The second-order valence-electron chi connectivity index (χ2n) is 5.41. The summed E-state index contributed by atoms with van der Waals surface area (Å²) >= 11 is 0. The number of hydrazone groups is 1. The Kier molecular flexibility index (Phi) is 6.84. The molecule has 0 aliphatic rings. The Hall–Kier alpha value is -3.22. The zero-order valence-electron chi connectivity index (χ0n) is 15.3. The van der Waals surface area contributed by atoms with Crippen LogP contribution in [0.3, 0.4) is 0 Å². The molecule has 1 amide bonds. The number of hydrogen-bond acceptors (Lipinski definition) is 6. The van der Waals surface area contributed by atoms with E-state index in [0.717, 1.165) is 11.3 Å². The Bertz CT molecular complexity index is 777. The number of amides is 1. The van der Waals surface area contributed by atoms with E-state index in [1.54, 1.807) is 40.4 Å². The minimum Gasteiger partial charge on any atom is -0.495 e. The SMILES string of the molecule is COc1ccccc1NC(C)C(=O)NN=Cc1ccc(OC)c(OC)c1. The lowest BCUT2D eigenvalue weighted by molar-refractivity contribution is -0.121. The molecule has 26 heavy (non-hydrogen) atoms.